The van der Waals surface area contributed by atoms with Gasteiger partial charge in [-0.2, -0.15) is 0 Å². The SMILES string of the molecule is COc1cc2ncnc(Nc3cccc(Cl)c3F)c2cc1O[C@H]1CC[C@@H](N2CCCCC2)CC1. The summed E-state index contributed by atoms with van der Waals surface area (Å²) in [7, 11) is 1.63. The molecule has 2 aromatic carbocycles. The molecular formula is C26H30ClFN4O2. The van der Waals surface area contributed by atoms with E-state index in [-0.39, 0.29) is 16.8 Å². The Bertz CT molecular complexity index is 1150. The van der Waals surface area contributed by atoms with E-state index in [1.807, 2.05) is 12.1 Å². The Morgan fingerprint density at radius 1 is 1.03 bits per heavy atom. The van der Waals surface area contributed by atoms with E-state index in [2.05, 4.69) is 20.2 Å². The molecule has 5 rings (SSSR count). The fourth-order valence-electron chi connectivity index (χ4n) is 5.13. The highest BCUT2D eigenvalue weighted by molar-refractivity contribution is 6.31. The summed E-state index contributed by atoms with van der Waals surface area (Å²) < 4.78 is 26.5. The van der Waals surface area contributed by atoms with E-state index in [1.54, 1.807) is 19.2 Å². The molecule has 180 valence electrons. The van der Waals surface area contributed by atoms with Crippen LogP contribution in [0.1, 0.15) is 44.9 Å². The second kappa shape index (κ2) is 10.3. The largest absolute Gasteiger partial charge is 0.493 e. The Balaban J connectivity index is 1.36. The number of benzene rings is 2. The van der Waals surface area contributed by atoms with Crippen molar-refractivity contribution in [1.82, 2.24) is 14.9 Å². The second-order valence-corrected chi connectivity index (χ2v) is 9.52. The van der Waals surface area contributed by atoms with E-state index < -0.39 is 5.82 Å². The molecule has 34 heavy (non-hydrogen) atoms. The zero-order chi connectivity index (χ0) is 23.5. The lowest BCUT2D eigenvalue weighted by atomic mass is 9.90. The number of hydrogen-bond donors (Lipinski definition) is 1. The molecule has 0 bridgehead atoms. The van der Waals surface area contributed by atoms with Gasteiger partial charge in [0.25, 0.3) is 0 Å². The average molecular weight is 485 g/mol. The summed E-state index contributed by atoms with van der Waals surface area (Å²) in [4.78, 5) is 11.4. The van der Waals surface area contributed by atoms with Crippen molar-refractivity contribution in [2.75, 3.05) is 25.5 Å². The molecular weight excluding hydrogens is 455 g/mol. The number of hydrogen-bond acceptors (Lipinski definition) is 6. The molecule has 2 fully saturated rings. The van der Waals surface area contributed by atoms with Crippen LogP contribution in [-0.4, -0.2) is 47.2 Å². The van der Waals surface area contributed by atoms with Crippen LogP contribution in [0.3, 0.4) is 0 Å². The van der Waals surface area contributed by atoms with Gasteiger partial charge in [-0.25, -0.2) is 14.4 Å². The van der Waals surface area contributed by atoms with E-state index in [9.17, 15) is 4.39 Å². The minimum Gasteiger partial charge on any atom is -0.493 e. The van der Waals surface area contributed by atoms with Gasteiger partial charge in [-0.15, -0.1) is 0 Å². The summed E-state index contributed by atoms with van der Waals surface area (Å²) in [5.41, 5.74) is 0.930. The molecule has 1 saturated carbocycles. The van der Waals surface area contributed by atoms with Crippen molar-refractivity contribution in [2.24, 2.45) is 0 Å². The molecule has 1 aliphatic carbocycles. The molecule has 2 heterocycles. The molecule has 1 aromatic heterocycles. The standard InChI is InChI=1S/C26H30ClFN4O2/c1-33-23-15-22-19(26(30-16-29-22)31-21-7-5-6-20(27)25(21)28)14-24(23)34-18-10-8-17(9-11-18)32-12-3-2-4-13-32/h5-7,14-18H,2-4,8-13H2,1H3,(H,29,30,31)/t17-,18+. The van der Waals surface area contributed by atoms with Gasteiger partial charge in [-0.3, -0.25) is 0 Å². The summed E-state index contributed by atoms with van der Waals surface area (Å²) >= 11 is 5.94. The number of rotatable bonds is 6. The maximum atomic E-state index is 14.5. The van der Waals surface area contributed by atoms with E-state index in [0.29, 0.717) is 28.9 Å². The molecule has 0 spiro atoms. The van der Waals surface area contributed by atoms with Crippen molar-refractivity contribution in [3.05, 3.63) is 47.5 Å². The lowest BCUT2D eigenvalue weighted by Gasteiger charge is -2.38. The first-order valence-electron chi connectivity index (χ1n) is 12.1. The lowest BCUT2D eigenvalue weighted by molar-refractivity contribution is 0.0757. The molecule has 1 saturated heterocycles. The number of aromatic nitrogens is 2. The number of nitrogens with zero attached hydrogens (tertiary/aromatic N) is 3. The number of methoxy groups -OCH3 is 1. The van der Waals surface area contributed by atoms with Gasteiger partial charge in [-0.05, 0) is 69.8 Å². The van der Waals surface area contributed by atoms with Crippen molar-refractivity contribution in [1.29, 1.82) is 0 Å². The van der Waals surface area contributed by atoms with Gasteiger partial charge in [0, 0.05) is 17.5 Å². The Morgan fingerprint density at radius 2 is 1.82 bits per heavy atom. The van der Waals surface area contributed by atoms with Gasteiger partial charge in [0.15, 0.2) is 17.3 Å². The number of anilines is 2. The Labute approximate surface area is 204 Å². The molecule has 0 atom stereocenters. The Morgan fingerprint density at radius 3 is 2.59 bits per heavy atom. The Hall–Kier alpha value is -2.64. The van der Waals surface area contributed by atoms with Gasteiger partial charge < -0.3 is 19.7 Å². The number of likely N-dealkylation sites (tertiary alicyclic amines) is 1. The third kappa shape index (κ3) is 4.91. The maximum absolute atomic E-state index is 14.5. The van der Waals surface area contributed by atoms with Crippen molar-refractivity contribution in [2.45, 2.75) is 57.1 Å². The fraction of sp³-hybridized carbons (Fsp3) is 0.462. The molecule has 3 aromatic rings. The van der Waals surface area contributed by atoms with E-state index in [0.717, 1.165) is 31.1 Å². The number of halogens is 2. The van der Waals surface area contributed by atoms with E-state index in [4.69, 9.17) is 21.1 Å². The third-order valence-electron chi connectivity index (χ3n) is 6.97. The normalized spacial score (nSPS) is 21.4. The first-order valence-corrected chi connectivity index (χ1v) is 12.4. The van der Waals surface area contributed by atoms with Crippen LogP contribution in [0.25, 0.3) is 10.9 Å². The predicted octanol–water partition coefficient (Wildman–Crippen LogP) is 6.35. The molecule has 0 amide bonds. The first-order chi connectivity index (χ1) is 16.6. The number of nitrogens with one attached hydrogen (secondary N) is 1. The predicted molar refractivity (Wildman–Crippen MR) is 133 cm³/mol. The monoisotopic (exact) mass is 484 g/mol. The van der Waals surface area contributed by atoms with Crippen LogP contribution < -0.4 is 14.8 Å². The topological polar surface area (TPSA) is 59.5 Å². The van der Waals surface area contributed by atoms with Gasteiger partial charge in [0.1, 0.15) is 12.1 Å². The maximum Gasteiger partial charge on any atom is 0.165 e. The van der Waals surface area contributed by atoms with E-state index in [1.165, 1.54) is 44.7 Å². The van der Waals surface area contributed by atoms with Crippen LogP contribution in [0, 0.1) is 5.82 Å². The lowest BCUT2D eigenvalue weighted by Crippen LogP contribution is -2.42. The van der Waals surface area contributed by atoms with Gasteiger partial charge >= 0.3 is 0 Å². The summed E-state index contributed by atoms with van der Waals surface area (Å²) in [6.07, 6.45) is 9.94. The van der Waals surface area contributed by atoms with Crippen molar-refractivity contribution in [3.8, 4) is 11.5 Å². The summed E-state index contributed by atoms with van der Waals surface area (Å²) in [5, 5.41) is 3.83. The second-order valence-electron chi connectivity index (χ2n) is 9.11. The average Bonchev–Trinajstić information content (AvgIpc) is 2.88. The zero-order valence-electron chi connectivity index (χ0n) is 19.4. The van der Waals surface area contributed by atoms with Gasteiger partial charge in [0.2, 0.25) is 0 Å². The van der Waals surface area contributed by atoms with Crippen molar-refractivity contribution in [3.63, 3.8) is 0 Å². The number of piperidine rings is 1. The quantitative estimate of drug-likeness (QED) is 0.440. The molecule has 2 aliphatic rings. The third-order valence-corrected chi connectivity index (χ3v) is 7.26. The van der Waals surface area contributed by atoms with Crippen LogP contribution in [-0.2, 0) is 0 Å². The van der Waals surface area contributed by atoms with Crippen molar-refractivity contribution >= 4 is 34.0 Å². The van der Waals surface area contributed by atoms with Gasteiger partial charge in [-0.1, -0.05) is 24.1 Å². The molecule has 6 nitrogen and oxygen atoms in total. The van der Waals surface area contributed by atoms with Crippen LogP contribution in [0.2, 0.25) is 5.02 Å². The van der Waals surface area contributed by atoms with E-state index >= 15 is 0 Å². The minimum absolute atomic E-state index is 0.0502. The smallest absolute Gasteiger partial charge is 0.165 e. The summed E-state index contributed by atoms with van der Waals surface area (Å²) in [6, 6.07) is 9.22. The highest BCUT2D eigenvalue weighted by Gasteiger charge is 2.28. The van der Waals surface area contributed by atoms with Crippen LogP contribution in [0.5, 0.6) is 11.5 Å². The Kier molecular flexibility index (Phi) is 7.02. The summed E-state index contributed by atoms with van der Waals surface area (Å²) in [6.45, 7) is 2.47. The van der Waals surface area contributed by atoms with Crippen molar-refractivity contribution < 1.29 is 13.9 Å². The minimum atomic E-state index is -0.522. The molecule has 1 N–H and O–H groups in total. The molecule has 0 radical (unpaired) electrons. The number of fused-ring (bicyclic) bond motifs is 1. The van der Waals surface area contributed by atoms with Gasteiger partial charge in [0.05, 0.1) is 29.4 Å². The highest BCUT2D eigenvalue weighted by atomic mass is 35.5. The molecule has 0 unspecified atom stereocenters. The van der Waals surface area contributed by atoms with Crippen LogP contribution in [0.4, 0.5) is 15.9 Å². The molecule has 1 aliphatic heterocycles. The first kappa shape index (κ1) is 23.1. The fourth-order valence-corrected chi connectivity index (χ4v) is 5.31. The zero-order valence-corrected chi connectivity index (χ0v) is 20.2. The van der Waals surface area contributed by atoms with Crippen LogP contribution in [0.15, 0.2) is 36.7 Å². The highest BCUT2D eigenvalue weighted by Crippen LogP contribution is 2.38. The van der Waals surface area contributed by atoms with Crippen LogP contribution >= 0.6 is 11.6 Å². The summed E-state index contributed by atoms with van der Waals surface area (Å²) in [5.74, 6) is 1.24. The number of ether oxygens (including phenoxy) is 2. The molecule has 8 heteroatoms.